The third kappa shape index (κ3) is 5.89. The van der Waals surface area contributed by atoms with Crippen molar-refractivity contribution in [2.75, 3.05) is 19.0 Å². The van der Waals surface area contributed by atoms with Crippen LogP contribution in [0.15, 0.2) is 0 Å². The highest BCUT2D eigenvalue weighted by Crippen LogP contribution is 2.06. The van der Waals surface area contributed by atoms with Crippen LogP contribution in [0.3, 0.4) is 0 Å². The van der Waals surface area contributed by atoms with E-state index < -0.39 is 16.0 Å². The lowest BCUT2D eigenvalue weighted by molar-refractivity contribution is -0.143. The summed E-state index contributed by atoms with van der Waals surface area (Å²) < 4.78 is 16.6. The van der Waals surface area contributed by atoms with Gasteiger partial charge in [0.05, 0.1) is 6.61 Å². The van der Waals surface area contributed by atoms with E-state index in [0.717, 1.165) is 6.42 Å². The van der Waals surface area contributed by atoms with E-state index in [1.807, 2.05) is 13.8 Å². The van der Waals surface area contributed by atoms with Crippen molar-refractivity contribution < 1.29 is 18.8 Å². The summed E-state index contributed by atoms with van der Waals surface area (Å²) in [4.78, 5) is 11.5. The minimum absolute atomic E-state index is 0.00613. The Labute approximate surface area is 93.5 Å². The summed E-state index contributed by atoms with van der Waals surface area (Å²) in [7, 11) is -1.23. The molecule has 0 amide bonds. The summed E-state index contributed by atoms with van der Waals surface area (Å²) in [5.74, 6) is -0.0217. The van der Waals surface area contributed by atoms with Crippen LogP contribution < -0.4 is 0 Å². The molecule has 15 heavy (non-hydrogen) atoms. The first-order chi connectivity index (χ1) is 7.17. The predicted molar refractivity (Wildman–Crippen MR) is 60.0 cm³/mol. The highest BCUT2D eigenvalue weighted by atomic mass is 32.2. The van der Waals surface area contributed by atoms with Crippen LogP contribution >= 0.6 is 0 Å². The van der Waals surface area contributed by atoms with Gasteiger partial charge in [0.2, 0.25) is 0 Å². The van der Waals surface area contributed by atoms with Crippen LogP contribution in [0.25, 0.3) is 0 Å². The number of ether oxygens (including phenoxy) is 1. The molecule has 4 nitrogen and oxygen atoms in total. The van der Waals surface area contributed by atoms with Gasteiger partial charge in [0.15, 0.2) is 0 Å². The smallest absolute Gasteiger partial charge is 0.321 e. The summed E-state index contributed by atoms with van der Waals surface area (Å²) in [5.41, 5.74) is 0. The molecule has 0 saturated carbocycles. The second-order valence-corrected chi connectivity index (χ2v) is 4.97. The molecule has 0 heterocycles. The average Bonchev–Trinajstić information content (AvgIpc) is 2.24. The van der Waals surface area contributed by atoms with E-state index in [-0.39, 0.29) is 12.6 Å². The fraction of sp³-hybridized carbons (Fsp3) is 0.900. The van der Waals surface area contributed by atoms with Gasteiger partial charge in [-0.05, 0) is 19.3 Å². The standard InChI is InChI=1S/C10H20O4S/c1-3-7-14-10(12)9(4-2)15(13)8-5-6-11/h9,11H,3-8H2,1-2H3. The zero-order valence-corrected chi connectivity index (χ0v) is 10.2. The largest absolute Gasteiger partial charge is 0.465 e. The maximum absolute atomic E-state index is 11.6. The SMILES string of the molecule is CCCOC(=O)C(CC)S(=O)CCCO. The molecule has 1 N–H and O–H groups in total. The van der Waals surface area contributed by atoms with Gasteiger partial charge in [0, 0.05) is 23.2 Å². The summed E-state index contributed by atoms with van der Waals surface area (Å²) in [6, 6.07) is 0. The molecule has 90 valence electrons. The minimum Gasteiger partial charge on any atom is -0.465 e. The summed E-state index contributed by atoms with van der Waals surface area (Å²) in [6.07, 6.45) is 1.75. The molecule has 0 rings (SSSR count). The maximum Gasteiger partial charge on any atom is 0.321 e. The molecule has 2 unspecified atom stereocenters. The molecule has 0 aliphatic carbocycles. The van der Waals surface area contributed by atoms with Crippen molar-refractivity contribution in [2.24, 2.45) is 0 Å². The molecule has 0 bridgehead atoms. The van der Waals surface area contributed by atoms with E-state index in [0.29, 0.717) is 25.2 Å². The quantitative estimate of drug-likeness (QED) is 0.635. The van der Waals surface area contributed by atoms with Crippen molar-refractivity contribution in [2.45, 2.75) is 38.4 Å². The van der Waals surface area contributed by atoms with Crippen LogP contribution in [0.1, 0.15) is 33.1 Å². The Morgan fingerprint density at radius 1 is 1.47 bits per heavy atom. The van der Waals surface area contributed by atoms with Gasteiger partial charge in [0.1, 0.15) is 5.25 Å². The first-order valence-electron chi connectivity index (χ1n) is 5.32. The van der Waals surface area contributed by atoms with Gasteiger partial charge in [-0.3, -0.25) is 9.00 Å². The van der Waals surface area contributed by atoms with Crippen LogP contribution in [0, 0.1) is 0 Å². The minimum atomic E-state index is -1.23. The van der Waals surface area contributed by atoms with Crippen LogP contribution in [0.4, 0.5) is 0 Å². The molecule has 0 spiro atoms. The number of carbonyl (C=O) groups excluding carboxylic acids is 1. The normalized spacial score (nSPS) is 14.6. The fourth-order valence-corrected chi connectivity index (χ4v) is 2.46. The van der Waals surface area contributed by atoms with Crippen molar-refractivity contribution in [3.63, 3.8) is 0 Å². The van der Waals surface area contributed by atoms with Crippen molar-refractivity contribution in [1.29, 1.82) is 0 Å². The van der Waals surface area contributed by atoms with Crippen LogP contribution in [0.2, 0.25) is 0 Å². The van der Waals surface area contributed by atoms with Gasteiger partial charge in [-0.1, -0.05) is 13.8 Å². The highest BCUT2D eigenvalue weighted by molar-refractivity contribution is 7.86. The molecular formula is C10H20O4S. The molecule has 0 aromatic heterocycles. The Hall–Kier alpha value is -0.420. The third-order valence-corrected chi connectivity index (χ3v) is 3.75. The van der Waals surface area contributed by atoms with Crippen molar-refractivity contribution >= 4 is 16.8 Å². The van der Waals surface area contributed by atoms with Gasteiger partial charge in [-0.2, -0.15) is 0 Å². The van der Waals surface area contributed by atoms with E-state index in [2.05, 4.69) is 0 Å². The lowest BCUT2D eigenvalue weighted by atomic mass is 10.3. The Balaban J connectivity index is 4.09. The summed E-state index contributed by atoms with van der Waals surface area (Å²) in [6.45, 7) is 4.12. The van der Waals surface area contributed by atoms with Gasteiger partial charge in [-0.15, -0.1) is 0 Å². The van der Waals surface area contributed by atoms with Gasteiger partial charge in [0.25, 0.3) is 0 Å². The topological polar surface area (TPSA) is 63.6 Å². The summed E-state index contributed by atoms with van der Waals surface area (Å²) >= 11 is 0. The van der Waals surface area contributed by atoms with Crippen molar-refractivity contribution in [1.82, 2.24) is 0 Å². The lowest BCUT2D eigenvalue weighted by Gasteiger charge is -2.13. The molecule has 2 atom stereocenters. The number of hydrogen-bond donors (Lipinski definition) is 1. The Kier molecular flexibility index (Phi) is 8.61. The third-order valence-electron chi connectivity index (χ3n) is 1.90. The second kappa shape index (κ2) is 8.85. The Bertz CT molecular complexity index is 186. The first-order valence-corrected chi connectivity index (χ1v) is 6.70. The van der Waals surface area contributed by atoms with E-state index in [1.165, 1.54) is 0 Å². The van der Waals surface area contributed by atoms with Crippen LogP contribution in [-0.4, -0.2) is 39.5 Å². The van der Waals surface area contributed by atoms with Crippen LogP contribution in [-0.2, 0) is 20.3 Å². The molecule has 0 fully saturated rings. The number of aliphatic hydroxyl groups excluding tert-OH is 1. The highest BCUT2D eigenvalue weighted by Gasteiger charge is 2.24. The zero-order valence-electron chi connectivity index (χ0n) is 9.40. The second-order valence-electron chi connectivity index (χ2n) is 3.23. The van der Waals surface area contributed by atoms with Crippen molar-refractivity contribution in [3.8, 4) is 0 Å². The zero-order chi connectivity index (χ0) is 11.7. The average molecular weight is 236 g/mol. The predicted octanol–water partition coefficient (Wildman–Crippen LogP) is 0.849. The monoisotopic (exact) mass is 236 g/mol. The number of carbonyl (C=O) groups is 1. The number of esters is 1. The molecule has 0 saturated heterocycles. The molecule has 5 heteroatoms. The molecular weight excluding hydrogens is 216 g/mol. The van der Waals surface area contributed by atoms with E-state index in [9.17, 15) is 9.00 Å². The van der Waals surface area contributed by atoms with E-state index >= 15 is 0 Å². The molecule has 0 aliphatic rings. The Morgan fingerprint density at radius 3 is 2.60 bits per heavy atom. The van der Waals surface area contributed by atoms with E-state index in [1.54, 1.807) is 0 Å². The molecule has 0 aliphatic heterocycles. The first kappa shape index (κ1) is 14.6. The van der Waals surface area contributed by atoms with Crippen LogP contribution in [0.5, 0.6) is 0 Å². The maximum atomic E-state index is 11.6. The fourth-order valence-electron chi connectivity index (χ4n) is 1.10. The van der Waals surface area contributed by atoms with Gasteiger partial charge >= 0.3 is 5.97 Å². The molecule has 0 aromatic carbocycles. The van der Waals surface area contributed by atoms with E-state index in [4.69, 9.17) is 9.84 Å². The number of hydrogen-bond acceptors (Lipinski definition) is 4. The summed E-state index contributed by atoms with van der Waals surface area (Å²) in [5, 5.41) is 8.06. The number of aliphatic hydroxyl groups is 1. The van der Waals surface area contributed by atoms with Crippen molar-refractivity contribution in [3.05, 3.63) is 0 Å². The number of rotatable bonds is 8. The van der Waals surface area contributed by atoms with Gasteiger partial charge in [-0.25, -0.2) is 0 Å². The molecule has 0 aromatic rings. The lowest BCUT2D eigenvalue weighted by Crippen LogP contribution is -2.29. The Morgan fingerprint density at radius 2 is 2.13 bits per heavy atom. The molecule has 0 radical (unpaired) electrons. The van der Waals surface area contributed by atoms with Gasteiger partial charge < -0.3 is 9.84 Å².